The molecule has 6 rings (SSSR count). The fourth-order valence-electron chi connectivity index (χ4n) is 4.42. The van der Waals surface area contributed by atoms with Crippen LogP contribution in [-0.2, 0) is 4.79 Å². The van der Waals surface area contributed by atoms with Gasteiger partial charge in [0.1, 0.15) is 12.1 Å². The third-order valence-corrected chi connectivity index (χ3v) is 6.32. The number of carbonyl (C=O) groups excluding carboxylic acids is 1. The summed E-state index contributed by atoms with van der Waals surface area (Å²) in [6.45, 7) is 5.19. The van der Waals surface area contributed by atoms with Crippen LogP contribution in [-0.4, -0.2) is 75.3 Å². The summed E-state index contributed by atoms with van der Waals surface area (Å²) in [5, 5.41) is 8.70. The molecule has 2 aromatic heterocycles. The molecule has 0 spiro atoms. The van der Waals surface area contributed by atoms with Crippen molar-refractivity contribution in [3.63, 3.8) is 0 Å². The van der Waals surface area contributed by atoms with E-state index in [1.54, 1.807) is 16.8 Å². The van der Waals surface area contributed by atoms with Crippen LogP contribution in [0.1, 0.15) is 12.5 Å². The quantitative estimate of drug-likeness (QED) is 0.370. The number of ether oxygens (including phenoxy) is 3. The molecule has 0 saturated carbocycles. The molecular formula is C26H25N7O4. The van der Waals surface area contributed by atoms with Gasteiger partial charge in [-0.25, -0.2) is 9.97 Å². The van der Waals surface area contributed by atoms with Gasteiger partial charge in [-0.15, -0.1) is 5.10 Å². The van der Waals surface area contributed by atoms with Gasteiger partial charge in [0, 0.05) is 32.3 Å². The lowest BCUT2D eigenvalue weighted by molar-refractivity contribution is -0.126. The van der Waals surface area contributed by atoms with Crippen molar-refractivity contribution in [1.82, 2.24) is 29.9 Å². The van der Waals surface area contributed by atoms with Crippen molar-refractivity contribution in [3.8, 4) is 22.9 Å². The number of piperazine rings is 1. The molecule has 2 aromatic carbocycles. The predicted octanol–water partition coefficient (Wildman–Crippen LogP) is 2.70. The summed E-state index contributed by atoms with van der Waals surface area (Å²) in [5.41, 5.74) is 2.97. The zero-order chi connectivity index (χ0) is 25.2. The molecule has 0 N–H and O–H groups in total. The number of hydrogen-bond acceptors (Lipinski definition) is 9. The van der Waals surface area contributed by atoms with Crippen molar-refractivity contribution in [2.75, 3.05) is 44.5 Å². The van der Waals surface area contributed by atoms with E-state index in [-0.39, 0.29) is 12.7 Å². The minimum absolute atomic E-state index is 0.0356. The van der Waals surface area contributed by atoms with Gasteiger partial charge in [-0.2, -0.15) is 4.68 Å². The summed E-state index contributed by atoms with van der Waals surface area (Å²) in [7, 11) is 0. The number of fused-ring (bicyclic) bond motifs is 2. The maximum atomic E-state index is 12.8. The molecule has 11 nitrogen and oxygen atoms in total. The molecule has 11 heteroatoms. The molecule has 2 aliphatic rings. The Labute approximate surface area is 212 Å². The van der Waals surface area contributed by atoms with Gasteiger partial charge >= 0.3 is 0 Å². The number of amides is 1. The summed E-state index contributed by atoms with van der Waals surface area (Å²) < 4.78 is 18.0. The van der Waals surface area contributed by atoms with Gasteiger partial charge in [-0.3, -0.25) is 4.79 Å². The Morgan fingerprint density at radius 3 is 2.65 bits per heavy atom. The molecule has 1 fully saturated rings. The van der Waals surface area contributed by atoms with E-state index in [4.69, 9.17) is 14.2 Å². The van der Waals surface area contributed by atoms with Gasteiger partial charge < -0.3 is 24.0 Å². The Morgan fingerprint density at radius 2 is 1.84 bits per heavy atom. The molecular weight excluding hydrogens is 474 g/mol. The van der Waals surface area contributed by atoms with E-state index in [0.29, 0.717) is 55.5 Å². The molecule has 37 heavy (non-hydrogen) atoms. The Morgan fingerprint density at radius 1 is 1.03 bits per heavy atom. The Bertz CT molecular complexity index is 1460. The lowest BCUT2D eigenvalue weighted by Gasteiger charge is -2.34. The van der Waals surface area contributed by atoms with Crippen LogP contribution in [0, 0.1) is 0 Å². The summed E-state index contributed by atoms with van der Waals surface area (Å²) in [4.78, 5) is 25.7. The smallest absolute Gasteiger partial charge is 0.246 e. The van der Waals surface area contributed by atoms with E-state index >= 15 is 0 Å². The monoisotopic (exact) mass is 499 g/mol. The largest absolute Gasteiger partial charge is 0.494 e. The van der Waals surface area contributed by atoms with Gasteiger partial charge in [-0.1, -0.05) is 11.3 Å². The van der Waals surface area contributed by atoms with Gasteiger partial charge in [0.05, 0.1) is 12.3 Å². The summed E-state index contributed by atoms with van der Waals surface area (Å²) in [6.07, 6.45) is 4.92. The van der Waals surface area contributed by atoms with Gasteiger partial charge in [0.2, 0.25) is 12.7 Å². The number of benzene rings is 2. The van der Waals surface area contributed by atoms with Crippen molar-refractivity contribution in [1.29, 1.82) is 0 Å². The summed E-state index contributed by atoms with van der Waals surface area (Å²) >= 11 is 0. The van der Waals surface area contributed by atoms with Crippen molar-refractivity contribution in [2.45, 2.75) is 6.92 Å². The number of hydrogen-bond donors (Lipinski definition) is 0. The van der Waals surface area contributed by atoms with E-state index in [1.807, 2.05) is 54.3 Å². The number of carbonyl (C=O) groups is 1. The second kappa shape index (κ2) is 9.76. The Hall–Kier alpha value is -4.67. The molecule has 2 aliphatic heterocycles. The highest BCUT2D eigenvalue weighted by atomic mass is 16.7. The number of rotatable bonds is 6. The molecule has 0 atom stereocenters. The number of aromatic nitrogens is 5. The van der Waals surface area contributed by atoms with Gasteiger partial charge in [0.25, 0.3) is 0 Å². The highest BCUT2D eigenvalue weighted by Crippen LogP contribution is 2.33. The van der Waals surface area contributed by atoms with E-state index in [1.165, 1.54) is 6.33 Å². The molecule has 0 bridgehead atoms. The van der Waals surface area contributed by atoms with Crippen molar-refractivity contribution >= 4 is 29.0 Å². The average Bonchev–Trinajstić information content (AvgIpc) is 3.59. The van der Waals surface area contributed by atoms with Crippen molar-refractivity contribution < 1.29 is 19.0 Å². The molecule has 4 aromatic rings. The molecule has 4 heterocycles. The Kier molecular flexibility index (Phi) is 6.01. The number of anilines is 1. The van der Waals surface area contributed by atoms with Crippen molar-refractivity contribution in [2.24, 2.45) is 0 Å². The van der Waals surface area contributed by atoms with Crippen LogP contribution in [0.4, 0.5) is 5.82 Å². The van der Waals surface area contributed by atoms with E-state index in [2.05, 4.69) is 25.2 Å². The third-order valence-electron chi connectivity index (χ3n) is 6.32. The van der Waals surface area contributed by atoms with Gasteiger partial charge in [0.15, 0.2) is 28.5 Å². The van der Waals surface area contributed by atoms with E-state index in [0.717, 1.165) is 22.7 Å². The lowest BCUT2D eigenvalue weighted by atomic mass is 10.2. The summed E-state index contributed by atoms with van der Waals surface area (Å²) in [6, 6.07) is 13.2. The minimum Gasteiger partial charge on any atom is -0.494 e. The lowest BCUT2D eigenvalue weighted by Crippen LogP contribution is -2.48. The predicted molar refractivity (Wildman–Crippen MR) is 136 cm³/mol. The van der Waals surface area contributed by atoms with E-state index in [9.17, 15) is 4.79 Å². The third kappa shape index (κ3) is 4.51. The maximum absolute atomic E-state index is 12.8. The highest BCUT2D eigenvalue weighted by molar-refractivity contribution is 5.92. The van der Waals surface area contributed by atoms with Gasteiger partial charge in [-0.05, 0) is 55.0 Å². The van der Waals surface area contributed by atoms with Crippen LogP contribution < -0.4 is 19.1 Å². The maximum Gasteiger partial charge on any atom is 0.246 e. The number of nitrogens with zero attached hydrogens (tertiary/aromatic N) is 7. The van der Waals surface area contributed by atoms with Crippen LogP contribution in [0.3, 0.4) is 0 Å². The van der Waals surface area contributed by atoms with Crippen LogP contribution >= 0.6 is 0 Å². The van der Waals surface area contributed by atoms with Crippen molar-refractivity contribution in [3.05, 3.63) is 60.4 Å². The summed E-state index contributed by atoms with van der Waals surface area (Å²) in [5.74, 6) is 2.89. The van der Waals surface area contributed by atoms with Crippen LogP contribution in [0.25, 0.3) is 22.9 Å². The molecule has 1 saturated heterocycles. The first-order chi connectivity index (χ1) is 18.2. The van der Waals surface area contributed by atoms with E-state index < -0.39 is 0 Å². The first-order valence-corrected chi connectivity index (χ1v) is 12.1. The van der Waals surface area contributed by atoms with Crippen LogP contribution in [0.15, 0.2) is 54.9 Å². The average molecular weight is 500 g/mol. The Balaban J connectivity index is 1.13. The molecule has 0 unspecified atom stereocenters. The SMILES string of the molecule is CCOc1ccc(-n2nnc3c(N4CCN(C(=O)/C=C\c5ccc6c(c5)OCO6)CC4)ncnc32)cc1. The molecule has 188 valence electrons. The second-order valence-corrected chi connectivity index (χ2v) is 8.56. The first kappa shape index (κ1) is 22.8. The normalized spacial score (nSPS) is 15.1. The molecule has 0 radical (unpaired) electrons. The topological polar surface area (TPSA) is 108 Å². The highest BCUT2D eigenvalue weighted by Gasteiger charge is 2.24. The zero-order valence-electron chi connectivity index (χ0n) is 20.3. The first-order valence-electron chi connectivity index (χ1n) is 12.1. The fourth-order valence-corrected chi connectivity index (χ4v) is 4.42. The molecule has 1 amide bonds. The minimum atomic E-state index is -0.0356. The molecule has 0 aliphatic carbocycles. The van der Waals surface area contributed by atoms with Crippen LogP contribution in [0.5, 0.6) is 17.2 Å². The standard InChI is InChI=1S/C26H25N7O4/c1-2-35-20-7-5-19(6-8-20)33-26-24(29-30-33)25(27-16-28-26)32-13-11-31(12-14-32)23(34)10-4-18-3-9-21-22(15-18)37-17-36-21/h3-10,15-16H,2,11-14,17H2,1H3/b10-4-. The second-order valence-electron chi connectivity index (χ2n) is 8.56. The fraction of sp³-hybridized carbons (Fsp3) is 0.269. The van der Waals surface area contributed by atoms with Crippen LogP contribution in [0.2, 0.25) is 0 Å². The zero-order valence-corrected chi connectivity index (χ0v) is 20.3.